The van der Waals surface area contributed by atoms with Crippen LogP contribution in [0.2, 0.25) is 0 Å². The molecule has 22 nitrogen and oxygen atoms in total. The standard InChI is InChI=1S/C41H58N10O12/c1-39(2,3)61-36(54)47-16-14-46(15-17-48(37(55)62-40(4,5)6)19-21-49(20-18-47)38(56)63-41(7,8)9)30-13-12-27(22-31(30)51(59)60)42-34(52)32-23-28(25-44(32)10)43-35(53)33-24-29(50(57)58)26-45(33)11/h12-13,22-26H,14-21H2,1-11H3,(H,42,52)(H,43,53). The van der Waals surface area contributed by atoms with Crippen LogP contribution in [0.15, 0.2) is 42.7 Å². The summed E-state index contributed by atoms with van der Waals surface area (Å²) in [4.78, 5) is 95.5. The molecule has 3 heterocycles. The molecule has 1 aromatic carbocycles. The summed E-state index contributed by atoms with van der Waals surface area (Å²) < 4.78 is 19.8. The molecular formula is C41H58N10O12. The molecule has 2 N–H and O–H groups in total. The largest absolute Gasteiger partial charge is 0.444 e. The van der Waals surface area contributed by atoms with Crippen molar-refractivity contribution in [3.05, 3.63) is 74.3 Å². The molecule has 1 fully saturated rings. The van der Waals surface area contributed by atoms with Crippen molar-refractivity contribution in [1.29, 1.82) is 0 Å². The molecule has 344 valence electrons. The maximum Gasteiger partial charge on any atom is 0.410 e. The molecule has 0 unspecified atom stereocenters. The Labute approximate surface area is 365 Å². The van der Waals surface area contributed by atoms with Crippen LogP contribution in [0, 0.1) is 20.2 Å². The number of nitro groups is 2. The van der Waals surface area contributed by atoms with Crippen LogP contribution in [0.25, 0.3) is 0 Å². The molecule has 0 radical (unpaired) electrons. The predicted molar refractivity (Wildman–Crippen MR) is 232 cm³/mol. The van der Waals surface area contributed by atoms with Crippen LogP contribution in [-0.4, -0.2) is 133 Å². The number of ether oxygens (including phenoxy) is 3. The van der Waals surface area contributed by atoms with Crippen LogP contribution in [0.1, 0.15) is 83.3 Å². The molecule has 0 saturated carbocycles. The fraction of sp³-hybridized carbons (Fsp3) is 0.537. The highest BCUT2D eigenvalue weighted by Crippen LogP contribution is 2.32. The summed E-state index contributed by atoms with van der Waals surface area (Å²) in [5, 5.41) is 29.2. The van der Waals surface area contributed by atoms with Gasteiger partial charge in [0.2, 0.25) is 0 Å². The van der Waals surface area contributed by atoms with Crippen molar-refractivity contribution in [3.63, 3.8) is 0 Å². The number of nitrogens with zero attached hydrogens (tertiary/aromatic N) is 8. The Kier molecular flexibility index (Phi) is 15.1. The number of hydrogen-bond donors (Lipinski definition) is 2. The number of nitrogens with one attached hydrogen (secondary N) is 2. The molecule has 63 heavy (non-hydrogen) atoms. The van der Waals surface area contributed by atoms with Crippen molar-refractivity contribution in [2.75, 3.05) is 67.9 Å². The maximum absolute atomic E-state index is 13.6. The summed E-state index contributed by atoms with van der Waals surface area (Å²) >= 11 is 0. The molecule has 22 heteroatoms. The van der Waals surface area contributed by atoms with Gasteiger partial charge in [-0.1, -0.05) is 0 Å². The Hall–Kier alpha value is -6.87. The Bertz CT molecular complexity index is 2170. The molecule has 1 aliphatic rings. The van der Waals surface area contributed by atoms with E-state index in [0.29, 0.717) is 0 Å². The minimum atomic E-state index is -0.861. The van der Waals surface area contributed by atoms with Crippen LogP contribution in [0.5, 0.6) is 0 Å². The lowest BCUT2D eigenvalue weighted by molar-refractivity contribution is -0.384. The Morgan fingerprint density at radius 2 is 0.952 bits per heavy atom. The van der Waals surface area contributed by atoms with Crippen molar-refractivity contribution in [2.24, 2.45) is 14.1 Å². The molecule has 0 atom stereocenters. The summed E-state index contributed by atoms with van der Waals surface area (Å²) in [6, 6.07) is 6.61. The quantitative estimate of drug-likeness (QED) is 0.152. The molecule has 0 aliphatic carbocycles. The number of benzene rings is 1. The third kappa shape index (κ3) is 14.1. The van der Waals surface area contributed by atoms with Crippen LogP contribution >= 0.6 is 0 Å². The van der Waals surface area contributed by atoms with E-state index in [1.807, 2.05) is 0 Å². The number of aromatic nitrogens is 2. The zero-order valence-corrected chi connectivity index (χ0v) is 37.7. The monoisotopic (exact) mass is 882 g/mol. The number of anilines is 3. The van der Waals surface area contributed by atoms with Crippen LogP contribution < -0.4 is 15.5 Å². The van der Waals surface area contributed by atoms with Gasteiger partial charge in [-0.2, -0.15) is 0 Å². The molecule has 5 amide bonds. The Balaban J connectivity index is 1.64. The molecule has 0 bridgehead atoms. The normalized spacial score (nSPS) is 14.5. The fourth-order valence-corrected chi connectivity index (χ4v) is 6.32. The molecule has 4 rings (SSSR count). The number of aryl methyl sites for hydroxylation is 2. The number of carbonyl (C=O) groups is 5. The zero-order chi connectivity index (χ0) is 47.2. The Morgan fingerprint density at radius 1 is 0.556 bits per heavy atom. The number of amides is 5. The van der Waals surface area contributed by atoms with Gasteiger partial charge in [-0.3, -0.25) is 29.8 Å². The van der Waals surface area contributed by atoms with Crippen molar-refractivity contribution >= 4 is 58.5 Å². The van der Waals surface area contributed by atoms with E-state index in [1.54, 1.807) is 74.3 Å². The second kappa shape index (κ2) is 19.5. The third-order valence-corrected chi connectivity index (χ3v) is 9.21. The minimum absolute atomic E-state index is 0.000687. The smallest absolute Gasteiger partial charge is 0.410 e. The highest BCUT2D eigenvalue weighted by Gasteiger charge is 2.31. The maximum atomic E-state index is 13.6. The summed E-state index contributed by atoms with van der Waals surface area (Å²) in [5.74, 6) is -1.32. The van der Waals surface area contributed by atoms with E-state index < -0.39 is 56.7 Å². The van der Waals surface area contributed by atoms with Crippen molar-refractivity contribution in [3.8, 4) is 0 Å². The van der Waals surface area contributed by atoms with Gasteiger partial charge in [0, 0.05) is 90.5 Å². The van der Waals surface area contributed by atoms with E-state index in [9.17, 15) is 44.2 Å². The minimum Gasteiger partial charge on any atom is -0.444 e. The van der Waals surface area contributed by atoms with Gasteiger partial charge >= 0.3 is 18.3 Å². The van der Waals surface area contributed by atoms with Crippen molar-refractivity contribution < 1.29 is 48.0 Å². The van der Waals surface area contributed by atoms with E-state index in [4.69, 9.17) is 14.2 Å². The van der Waals surface area contributed by atoms with Crippen LogP contribution in [0.3, 0.4) is 0 Å². The fourth-order valence-electron chi connectivity index (χ4n) is 6.32. The zero-order valence-electron chi connectivity index (χ0n) is 37.7. The second-order valence-corrected chi connectivity index (χ2v) is 17.9. The summed E-state index contributed by atoms with van der Waals surface area (Å²) in [6.07, 6.45) is 0.679. The lowest BCUT2D eigenvalue weighted by atomic mass is 10.2. The van der Waals surface area contributed by atoms with Crippen LogP contribution in [-0.2, 0) is 28.3 Å². The molecule has 1 aliphatic heterocycles. The van der Waals surface area contributed by atoms with Gasteiger partial charge in [-0.05, 0) is 80.5 Å². The van der Waals surface area contributed by atoms with Gasteiger partial charge in [-0.25, -0.2) is 14.4 Å². The number of rotatable bonds is 7. The lowest BCUT2D eigenvalue weighted by Crippen LogP contribution is -2.51. The average molecular weight is 883 g/mol. The first-order valence-corrected chi connectivity index (χ1v) is 20.2. The highest BCUT2D eigenvalue weighted by molar-refractivity contribution is 6.07. The average Bonchev–Trinajstić information content (AvgIpc) is 3.71. The van der Waals surface area contributed by atoms with Crippen molar-refractivity contribution in [2.45, 2.75) is 79.1 Å². The second-order valence-electron chi connectivity index (χ2n) is 17.9. The Morgan fingerprint density at radius 3 is 1.35 bits per heavy atom. The van der Waals surface area contributed by atoms with Crippen molar-refractivity contribution in [1.82, 2.24) is 23.8 Å². The topological polar surface area (TPSA) is 246 Å². The first-order chi connectivity index (χ1) is 29.1. The third-order valence-electron chi connectivity index (χ3n) is 9.21. The van der Waals surface area contributed by atoms with Gasteiger partial charge in [0.1, 0.15) is 33.9 Å². The van der Waals surface area contributed by atoms with Gasteiger partial charge < -0.3 is 53.6 Å². The first-order valence-electron chi connectivity index (χ1n) is 20.2. The van der Waals surface area contributed by atoms with E-state index in [2.05, 4.69) is 10.6 Å². The number of nitro benzene ring substituents is 1. The first kappa shape index (κ1) is 48.8. The summed E-state index contributed by atoms with van der Waals surface area (Å²) in [6.45, 7) is 15.5. The summed E-state index contributed by atoms with van der Waals surface area (Å²) in [7, 11) is 3.03. The lowest BCUT2D eigenvalue weighted by Gasteiger charge is -2.36. The number of carbonyl (C=O) groups excluding carboxylic acids is 5. The highest BCUT2D eigenvalue weighted by atomic mass is 16.6. The number of hydrogen-bond acceptors (Lipinski definition) is 13. The van der Waals surface area contributed by atoms with E-state index in [1.165, 1.54) is 67.5 Å². The predicted octanol–water partition coefficient (Wildman–Crippen LogP) is 6.22. The molecule has 3 aromatic rings. The van der Waals surface area contributed by atoms with Gasteiger partial charge in [0.05, 0.1) is 21.7 Å². The van der Waals surface area contributed by atoms with E-state index in [0.717, 1.165) is 6.07 Å². The van der Waals surface area contributed by atoms with Gasteiger partial charge in [0.15, 0.2) is 0 Å². The SMILES string of the molecule is Cn1cc(NC(=O)c2cc([N+](=O)[O-])cn2C)cc1C(=O)Nc1ccc(N2CCN(C(=O)OC(C)(C)C)CCN(C(=O)OC(C)(C)C)CCN(C(=O)OC(C)(C)C)CC2)c([N+](=O)[O-])c1. The van der Waals surface area contributed by atoms with Gasteiger partial charge in [0.25, 0.3) is 23.2 Å². The molecular weight excluding hydrogens is 825 g/mol. The molecule has 0 spiro atoms. The van der Waals surface area contributed by atoms with E-state index in [-0.39, 0.29) is 92.2 Å². The van der Waals surface area contributed by atoms with Crippen LogP contribution in [0.4, 0.5) is 42.8 Å². The molecule has 1 saturated heterocycles. The van der Waals surface area contributed by atoms with Gasteiger partial charge in [-0.15, -0.1) is 0 Å². The molecule has 2 aromatic heterocycles. The summed E-state index contributed by atoms with van der Waals surface area (Å²) in [5.41, 5.74) is -2.70. The van der Waals surface area contributed by atoms with E-state index >= 15 is 0 Å².